The molecular formula is C14H16O8P2. The van der Waals surface area contributed by atoms with E-state index in [9.17, 15) is 19.1 Å². The van der Waals surface area contributed by atoms with Crippen molar-refractivity contribution in [3.05, 3.63) is 47.5 Å². The molecule has 4 N–H and O–H groups in total. The van der Waals surface area contributed by atoms with Gasteiger partial charge in [0.15, 0.2) is 0 Å². The summed E-state index contributed by atoms with van der Waals surface area (Å²) in [5, 5.41) is 9.72. The van der Waals surface area contributed by atoms with Crippen LogP contribution in [0.15, 0.2) is 36.4 Å². The van der Waals surface area contributed by atoms with E-state index in [1.54, 1.807) is 26.0 Å². The molecular weight excluding hydrogens is 358 g/mol. The molecule has 24 heavy (non-hydrogen) atoms. The van der Waals surface area contributed by atoms with Crippen LogP contribution in [0.4, 0.5) is 0 Å². The minimum Gasteiger partial charge on any atom is -0.508 e. The maximum absolute atomic E-state index is 11.8. The Bertz CT molecular complexity index is 838. The number of phenols is 1. The zero-order valence-corrected chi connectivity index (χ0v) is 14.6. The van der Waals surface area contributed by atoms with E-state index < -0.39 is 15.6 Å². The van der Waals surface area contributed by atoms with Crippen LogP contribution in [0.1, 0.15) is 11.1 Å². The second-order valence-electron chi connectivity index (χ2n) is 5.08. The smallest absolute Gasteiger partial charge is 0.508 e. The van der Waals surface area contributed by atoms with E-state index >= 15 is 0 Å². The molecule has 8 nitrogen and oxygen atoms in total. The average molecular weight is 374 g/mol. The second kappa shape index (κ2) is 6.69. The van der Waals surface area contributed by atoms with Crippen molar-refractivity contribution < 1.29 is 37.8 Å². The molecule has 0 fully saturated rings. The predicted octanol–water partition coefficient (Wildman–Crippen LogP) is 3.26. The first kappa shape index (κ1) is 18.7. The van der Waals surface area contributed by atoms with E-state index in [-0.39, 0.29) is 17.1 Å². The van der Waals surface area contributed by atoms with Crippen LogP contribution in [0.25, 0.3) is 11.1 Å². The number of hydrogen-bond donors (Lipinski definition) is 4. The van der Waals surface area contributed by atoms with Gasteiger partial charge in [-0.05, 0) is 48.7 Å². The number of phosphoric acid groups is 2. The van der Waals surface area contributed by atoms with Crippen LogP contribution in [0.2, 0.25) is 0 Å². The third-order valence-electron chi connectivity index (χ3n) is 3.14. The first-order valence-corrected chi connectivity index (χ1v) is 9.70. The Balaban J connectivity index is 2.54. The number of benzene rings is 2. The molecule has 0 radical (unpaired) electrons. The molecule has 10 heteroatoms. The summed E-state index contributed by atoms with van der Waals surface area (Å²) >= 11 is 0. The van der Waals surface area contributed by atoms with Crippen LogP contribution < -0.4 is 4.52 Å². The highest BCUT2D eigenvalue weighted by molar-refractivity contribution is 7.60. The first-order valence-electron chi connectivity index (χ1n) is 6.67. The fraction of sp³-hybridized carbons (Fsp3) is 0.143. The lowest BCUT2D eigenvalue weighted by molar-refractivity contribution is 0.229. The Morgan fingerprint density at radius 1 is 0.958 bits per heavy atom. The van der Waals surface area contributed by atoms with Crippen LogP contribution in [0.5, 0.6) is 11.5 Å². The molecule has 0 heterocycles. The van der Waals surface area contributed by atoms with Crippen molar-refractivity contribution in [2.24, 2.45) is 0 Å². The van der Waals surface area contributed by atoms with E-state index in [1.807, 2.05) is 6.07 Å². The molecule has 2 rings (SSSR count). The molecule has 0 aromatic heterocycles. The van der Waals surface area contributed by atoms with Crippen LogP contribution in [-0.4, -0.2) is 19.8 Å². The van der Waals surface area contributed by atoms with Crippen molar-refractivity contribution in [1.29, 1.82) is 0 Å². The number of phenolic OH excluding ortho intramolecular Hbond substituents is 1. The molecule has 2 aromatic carbocycles. The monoisotopic (exact) mass is 374 g/mol. The number of hydrogen-bond acceptors (Lipinski definition) is 5. The second-order valence-corrected chi connectivity index (χ2v) is 7.83. The SMILES string of the molecule is Cc1cccc(C)c1-c1cc(O)ccc1OP(=O)(O)OP(=O)(O)O. The molecule has 0 bridgehead atoms. The highest BCUT2D eigenvalue weighted by Gasteiger charge is 2.34. The summed E-state index contributed by atoms with van der Waals surface area (Å²) in [5.74, 6) is -0.270. The maximum Gasteiger partial charge on any atom is 0.536 e. The quantitative estimate of drug-likeness (QED) is 0.586. The predicted molar refractivity (Wildman–Crippen MR) is 86.6 cm³/mol. The van der Waals surface area contributed by atoms with E-state index in [4.69, 9.17) is 14.3 Å². The van der Waals surface area contributed by atoms with E-state index in [0.29, 0.717) is 5.56 Å². The van der Waals surface area contributed by atoms with Crippen LogP contribution in [0.3, 0.4) is 0 Å². The van der Waals surface area contributed by atoms with Gasteiger partial charge in [0.2, 0.25) is 0 Å². The summed E-state index contributed by atoms with van der Waals surface area (Å²) in [6, 6.07) is 9.18. The standard InChI is InChI=1S/C14H16O8P2/c1-9-4-3-5-10(2)14(9)12-8-11(15)6-7-13(12)21-24(19,20)22-23(16,17)18/h3-8,15H,1-2H3,(H,19,20)(H2,16,17,18). The molecule has 130 valence electrons. The van der Waals surface area contributed by atoms with Gasteiger partial charge in [0.05, 0.1) is 0 Å². The van der Waals surface area contributed by atoms with Crippen LogP contribution >= 0.6 is 15.6 Å². The summed E-state index contributed by atoms with van der Waals surface area (Å²) in [7, 11) is -10.3. The summed E-state index contributed by atoms with van der Waals surface area (Å²) in [4.78, 5) is 26.9. The average Bonchev–Trinajstić information content (AvgIpc) is 2.38. The summed E-state index contributed by atoms with van der Waals surface area (Å²) in [5.41, 5.74) is 2.57. The van der Waals surface area contributed by atoms with Gasteiger partial charge in [-0.2, -0.15) is 4.31 Å². The zero-order valence-electron chi connectivity index (χ0n) is 12.8. The minimum absolute atomic E-state index is 0.108. The molecule has 0 aliphatic heterocycles. The van der Waals surface area contributed by atoms with Crippen molar-refractivity contribution in [3.63, 3.8) is 0 Å². The van der Waals surface area contributed by atoms with Crippen molar-refractivity contribution in [2.45, 2.75) is 13.8 Å². The molecule has 1 unspecified atom stereocenters. The van der Waals surface area contributed by atoms with E-state index in [0.717, 1.165) is 11.1 Å². The van der Waals surface area contributed by atoms with Gasteiger partial charge in [-0.3, -0.25) is 4.89 Å². The number of aryl methyl sites for hydroxylation is 2. The Labute approximate surface area is 138 Å². The molecule has 0 spiro atoms. The van der Waals surface area contributed by atoms with Crippen molar-refractivity contribution >= 4 is 15.6 Å². The number of rotatable bonds is 5. The highest BCUT2D eigenvalue weighted by Crippen LogP contribution is 2.58. The fourth-order valence-corrected chi connectivity index (χ4v) is 3.92. The minimum atomic E-state index is -5.23. The number of aromatic hydroxyl groups is 1. The molecule has 0 saturated carbocycles. The Morgan fingerprint density at radius 3 is 2.08 bits per heavy atom. The van der Waals surface area contributed by atoms with E-state index in [1.165, 1.54) is 18.2 Å². The van der Waals surface area contributed by atoms with Gasteiger partial charge in [0, 0.05) is 5.56 Å². The topological polar surface area (TPSA) is 134 Å². The molecule has 2 aromatic rings. The summed E-state index contributed by atoms with van der Waals surface area (Å²) in [6.45, 7) is 3.61. The fourth-order valence-electron chi connectivity index (χ4n) is 2.31. The Kier molecular flexibility index (Phi) is 5.20. The highest BCUT2D eigenvalue weighted by atomic mass is 31.3. The normalized spacial score (nSPS) is 14.2. The molecule has 0 aliphatic carbocycles. The molecule has 1 atom stereocenters. The van der Waals surface area contributed by atoms with Crippen LogP contribution in [-0.2, 0) is 13.4 Å². The zero-order chi connectivity index (χ0) is 18.1. The lowest BCUT2D eigenvalue weighted by Crippen LogP contribution is -1.98. The molecule has 0 saturated heterocycles. The largest absolute Gasteiger partial charge is 0.536 e. The first-order chi connectivity index (χ1) is 11.0. The summed E-state index contributed by atoms with van der Waals surface area (Å²) < 4.78 is 31.2. The lowest BCUT2D eigenvalue weighted by atomic mass is 9.95. The number of phosphoric ester groups is 1. The van der Waals surface area contributed by atoms with Crippen molar-refractivity contribution in [1.82, 2.24) is 0 Å². The van der Waals surface area contributed by atoms with Gasteiger partial charge >= 0.3 is 15.6 Å². The van der Waals surface area contributed by atoms with Gasteiger partial charge < -0.3 is 19.4 Å². The third kappa shape index (κ3) is 4.68. The van der Waals surface area contributed by atoms with Crippen molar-refractivity contribution in [3.8, 4) is 22.6 Å². The Morgan fingerprint density at radius 2 is 1.54 bits per heavy atom. The van der Waals surface area contributed by atoms with Crippen molar-refractivity contribution in [2.75, 3.05) is 0 Å². The molecule has 0 aliphatic rings. The summed E-state index contributed by atoms with van der Waals surface area (Å²) in [6.07, 6.45) is 0. The third-order valence-corrected chi connectivity index (χ3v) is 5.24. The molecule has 0 amide bonds. The van der Waals surface area contributed by atoms with Crippen LogP contribution in [0, 0.1) is 13.8 Å². The van der Waals surface area contributed by atoms with E-state index in [2.05, 4.69) is 4.31 Å². The lowest BCUT2D eigenvalue weighted by Gasteiger charge is -2.18. The van der Waals surface area contributed by atoms with Gasteiger partial charge in [0.25, 0.3) is 0 Å². The van der Waals surface area contributed by atoms with Gasteiger partial charge in [-0.1, -0.05) is 18.2 Å². The van der Waals surface area contributed by atoms with Gasteiger partial charge in [-0.25, -0.2) is 9.13 Å². The Hall–Kier alpha value is -1.66. The van der Waals surface area contributed by atoms with Gasteiger partial charge in [0.1, 0.15) is 11.5 Å². The maximum atomic E-state index is 11.8. The van der Waals surface area contributed by atoms with Gasteiger partial charge in [-0.15, -0.1) is 0 Å².